The number of nitrogens with one attached hydrogen (secondary N) is 1. The summed E-state index contributed by atoms with van der Waals surface area (Å²) in [4.78, 5) is 28.4. The van der Waals surface area contributed by atoms with Crippen molar-refractivity contribution in [1.29, 1.82) is 0 Å². The zero-order valence-corrected chi connectivity index (χ0v) is 17.4. The lowest BCUT2D eigenvalue weighted by molar-refractivity contribution is -0.123. The summed E-state index contributed by atoms with van der Waals surface area (Å²) in [5.41, 5.74) is 2.83. The summed E-state index contributed by atoms with van der Waals surface area (Å²) in [5.74, 6) is 1.55. The molecule has 2 heterocycles. The highest BCUT2D eigenvalue weighted by atomic mass is 16.7. The van der Waals surface area contributed by atoms with Crippen molar-refractivity contribution in [2.75, 3.05) is 44.4 Å². The minimum atomic E-state index is -0.104. The van der Waals surface area contributed by atoms with Gasteiger partial charge in [0.05, 0.1) is 12.6 Å². The van der Waals surface area contributed by atoms with Crippen LogP contribution in [0.15, 0.2) is 42.5 Å². The molecule has 1 N–H and O–H groups in total. The summed E-state index contributed by atoms with van der Waals surface area (Å²) < 4.78 is 10.8. The van der Waals surface area contributed by atoms with E-state index in [9.17, 15) is 9.59 Å². The second-order valence-corrected chi connectivity index (χ2v) is 7.77. The topological polar surface area (TPSA) is 71.1 Å². The molecule has 2 aliphatic rings. The van der Waals surface area contributed by atoms with Gasteiger partial charge in [0, 0.05) is 37.4 Å². The maximum Gasteiger partial charge on any atom is 0.234 e. The fourth-order valence-corrected chi connectivity index (χ4v) is 3.83. The van der Waals surface area contributed by atoms with Crippen LogP contribution in [0.4, 0.5) is 5.69 Å². The van der Waals surface area contributed by atoms with Gasteiger partial charge in [0.15, 0.2) is 17.3 Å². The van der Waals surface area contributed by atoms with E-state index < -0.39 is 0 Å². The van der Waals surface area contributed by atoms with Gasteiger partial charge in [-0.2, -0.15) is 0 Å². The van der Waals surface area contributed by atoms with E-state index in [1.54, 1.807) is 6.92 Å². The number of ketones is 1. The molecule has 7 nitrogen and oxygen atoms in total. The molecule has 2 aromatic rings. The van der Waals surface area contributed by atoms with E-state index in [0.717, 1.165) is 54.5 Å². The van der Waals surface area contributed by atoms with Gasteiger partial charge in [-0.15, -0.1) is 0 Å². The molecule has 7 heteroatoms. The van der Waals surface area contributed by atoms with Crippen molar-refractivity contribution in [3.05, 3.63) is 53.6 Å². The van der Waals surface area contributed by atoms with Gasteiger partial charge in [0.2, 0.25) is 12.7 Å². The van der Waals surface area contributed by atoms with Crippen LogP contribution in [0.3, 0.4) is 0 Å². The third kappa shape index (κ3) is 4.57. The van der Waals surface area contributed by atoms with Gasteiger partial charge < -0.3 is 19.7 Å². The van der Waals surface area contributed by atoms with E-state index in [-0.39, 0.29) is 24.5 Å². The van der Waals surface area contributed by atoms with Crippen molar-refractivity contribution >= 4 is 17.4 Å². The predicted octanol–water partition coefficient (Wildman–Crippen LogP) is 2.62. The summed E-state index contributed by atoms with van der Waals surface area (Å²) in [5, 5.41) is 3.07. The molecular formula is C23H27N3O4. The quantitative estimate of drug-likeness (QED) is 0.740. The van der Waals surface area contributed by atoms with Crippen molar-refractivity contribution in [3.63, 3.8) is 0 Å². The van der Waals surface area contributed by atoms with E-state index in [1.165, 1.54) is 0 Å². The maximum atomic E-state index is 12.5. The molecule has 158 valence electrons. The molecule has 1 fully saturated rings. The zero-order chi connectivity index (χ0) is 21.1. The molecule has 30 heavy (non-hydrogen) atoms. The Morgan fingerprint density at radius 1 is 1.00 bits per heavy atom. The van der Waals surface area contributed by atoms with Crippen LogP contribution >= 0.6 is 0 Å². The molecule has 1 saturated heterocycles. The van der Waals surface area contributed by atoms with Crippen LogP contribution < -0.4 is 19.7 Å². The number of hydrogen-bond acceptors (Lipinski definition) is 6. The van der Waals surface area contributed by atoms with Gasteiger partial charge in [-0.3, -0.25) is 14.5 Å². The average Bonchev–Trinajstić information content (AvgIpc) is 3.22. The molecule has 0 aliphatic carbocycles. The number of nitrogens with zero attached hydrogens (tertiary/aromatic N) is 2. The smallest absolute Gasteiger partial charge is 0.234 e. The van der Waals surface area contributed by atoms with Crippen LogP contribution in [-0.4, -0.2) is 56.1 Å². The number of piperazine rings is 1. The Balaban J connectivity index is 1.25. The zero-order valence-electron chi connectivity index (χ0n) is 17.4. The molecule has 2 aromatic carbocycles. The van der Waals surface area contributed by atoms with Crippen molar-refractivity contribution in [3.8, 4) is 11.5 Å². The Kier molecular flexibility index (Phi) is 5.90. The van der Waals surface area contributed by atoms with E-state index >= 15 is 0 Å². The normalized spacial score (nSPS) is 16.9. The van der Waals surface area contributed by atoms with Gasteiger partial charge in [0.25, 0.3) is 0 Å². The van der Waals surface area contributed by atoms with Crippen LogP contribution in [0, 0.1) is 0 Å². The van der Waals surface area contributed by atoms with Crippen molar-refractivity contribution in [2.24, 2.45) is 0 Å². The summed E-state index contributed by atoms with van der Waals surface area (Å²) in [7, 11) is 0. The second kappa shape index (κ2) is 8.75. The number of fused-ring (bicyclic) bond motifs is 1. The number of ether oxygens (including phenoxy) is 2. The third-order valence-electron chi connectivity index (χ3n) is 5.65. The maximum absolute atomic E-state index is 12.5. The van der Waals surface area contributed by atoms with Crippen molar-refractivity contribution in [1.82, 2.24) is 10.2 Å². The first-order chi connectivity index (χ1) is 14.5. The van der Waals surface area contributed by atoms with Crippen LogP contribution in [0.1, 0.15) is 35.8 Å². The molecule has 0 radical (unpaired) electrons. The first-order valence-corrected chi connectivity index (χ1v) is 10.3. The van der Waals surface area contributed by atoms with Crippen LogP contribution in [-0.2, 0) is 4.79 Å². The minimum absolute atomic E-state index is 0.0134. The third-order valence-corrected chi connectivity index (χ3v) is 5.65. The average molecular weight is 409 g/mol. The first-order valence-electron chi connectivity index (χ1n) is 10.3. The standard InChI is InChI=1S/C23H27N3O4/c1-16(19-5-8-21-22(13-19)30-15-29-21)24-23(28)14-25-9-11-26(12-10-25)20-6-3-18(4-7-20)17(2)27/h3-8,13,16H,9-12,14-15H2,1-2H3,(H,24,28)/t16-/m0/s1. The summed E-state index contributed by atoms with van der Waals surface area (Å²) in [6.45, 7) is 7.51. The first kappa shape index (κ1) is 20.2. The number of benzene rings is 2. The van der Waals surface area contributed by atoms with Crippen LogP contribution in [0.2, 0.25) is 0 Å². The highest BCUT2D eigenvalue weighted by molar-refractivity contribution is 5.94. The van der Waals surface area contributed by atoms with Crippen molar-refractivity contribution in [2.45, 2.75) is 19.9 Å². The molecule has 2 aliphatic heterocycles. The fourth-order valence-electron chi connectivity index (χ4n) is 3.83. The number of rotatable bonds is 6. The molecule has 1 atom stereocenters. The lowest BCUT2D eigenvalue weighted by atomic mass is 10.1. The predicted molar refractivity (Wildman–Crippen MR) is 114 cm³/mol. The van der Waals surface area contributed by atoms with Gasteiger partial charge in [-0.1, -0.05) is 6.07 Å². The lowest BCUT2D eigenvalue weighted by Gasteiger charge is -2.36. The number of amides is 1. The Hall–Kier alpha value is -3.06. The SMILES string of the molecule is CC(=O)c1ccc(N2CCN(CC(=O)N[C@@H](C)c3ccc4c(c3)OCO4)CC2)cc1. The summed E-state index contributed by atoms with van der Waals surface area (Å²) in [6.07, 6.45) is 0. The number of carbonyl (C=O) groups is 2. The Labute approximate surface area is 176 Å². The van der Waals surface area contributed by atoms with E-state index in [0.29, 0.717) is 6.54 Å². The van der Waals surface area contributed by atoms with E-state index in [2.05, 4.69) is 15.1 Å². The van der Waals surface area contributed by atoms with Gasteiger partial charge in [-0.05, 0) is 55.8 Å². The molecule has 1 amide bonds. The number of hydrogen-bond donors (Lipinski definition) is 1. The highest BCUT2D eigenvalue weighted by Gasteiger charge is 2.21. The van der Waals surface area contributed by atoms with E-state index in [1.807, 2.05) is 49.4 Å². The van der Waals surface area contributed by atoms with Gasteiger partial charge in [-0.25, -0.2) is 0 Å². The Morgan fingerprint density at radius 2 is 1.70 bits per heavy atom. The summed E-state index contributed by atoms with van der Waals surface area (Å²) >= 11 is 0. The van der Waals surface area contributed by atoms with Crippen molar-refractivity contribution < 1.29 is 19.1 Å². The Morgan fingerprint density at radius 3 is 2.40 bits per heavy atom. The number of Topliss-reactive ketones (excluding diaryl/α,β-unsaturated/α-hetero) is 1. The number of anilines is 1. The lowest BCUT2D eigenvalue weighted by Crippen LogP contribution is -2.49. The molecule has 0 saturated carbocycles. The minimum Gasteiger partial charge on any atom is -0.454 e. The molecule has 4 rings (SSSR count). The van der Waals surface area contributed by atoms with Gasteiger partial charge in [0.1, 0.15) is 0 Å². The molecule has 0 unspecified atom stereocenters. The molecule has 0 spiro atoms. The largest absolute Gasteiger partial charge is 0.454 e. The number of carbonyl (C=O) groups excluding carboxylic acids is 2. The monoisotopic (exact) mass is 409 g/mol. The molecule has 0 bridgehead atoms. The second-order valence-electron chi connectivity index (χ2n) is 7.77. The van der Waals surface area contributed by atoms with E-state index in [4.69, 9.17) is 9.47 Å². The Bertz CT molecular complexity index is 921. The van der Waals surface area contributed by atoms with Crippen LogP contribution in [0.5, 0.6) is 11.5 Å². The molecular weight excluding hydrogens is 382 g/mol. The summed E-state index contributed by atoms with van der Waals surface area (Å²) in [6, 6.07) is 13.4. The van der Waals surface area contributed by atoms with Crippen LogP contribution in [0.25, 0.3) is 0 Å². The fraction of sp³-hybridized carbons (Fsp3) is 0.391. The molecule has 0 aromatic heterocycles. The highest BCUT2D eigenvalue weighted by Crippen LogP contribution is 2.34. The van der Waals surface area contributed by atoms with Gasteiger partial charge >= 0.3 is 0 Å².